The van der Waals surface area contributed by atoms with Gasteiger partial charge in [0.15, 0.2) is 5.75 Å². The number of hydrogen-bond acceptors (Lipinski definition) is 6. The molecule has 7 nitrogen and oxygen atoms in total. The van der Waals surface area contributed by atoms with Crippen LogP contribution in [-0.4, -0.2) is 28.6 Å². The van der Waals surface area contributed by atoms with Crippen LogP contribution in [-0.2, 0) is 6.42 Å². The van der Waals surface area contributed by atoms with Crippen molar-refractivity contribution in [2.75, 3.05) is 13.7 Å². The predicted octanol–water partition coefficient (Wildman–Crippen LogP) is 4.19. The largest absolute Gasteiger partial charge is 0.493 e. The van der Waals surface area contributed by atoms with Gasteiger partial charge in [-0.25, -0.2) is 14.4 Å². The Hall–Kier alpha value is -3.55. The second kappa shape index (κ2) is 8.43. The smallest absolute Gasteiger partial charge is 0.311 e. The maximum absolute atomic E-state index is 13.5. The van der Waals surface area contributed by atoms with Crippen molar-refractivity contribution >= 4 is 5.69 Å². The zero-order valence-corrected chi connectivity index (χ0v) is 15.4. The summed E-state index contributed by atoms with van der Waals surface area (Å²) < 4.78 is 24.1. The van der Waals surface area contributed by atoms with Crippen LogP contribution in [0.25, 0.3) is 11.3 Å². The Morgan fingerprint density at radius 3 is 2.64 bits per heavy atom. The summed E-state index contributed by atoms with van der Waals surface area (Å²) in [5, 5.41) is 11.2. The zero-order chi connectivity index (χ0) is 20.1. The second-order valence-electron chi connectivity index (χ2n) is 5.91. The fraction of sp³-hybridized carbons (Fsp3) is 0.200. The van der Waals surface area contributed by atoms with Gasteiger partial charge >= 0.3 is 5.69 Å². The SMILES string of the molecule is CCOc1cc(F)ccc1-c1cc(Cc2ccc(OC)c([N+](=O)[O-])c2)ncn1. The molecule has 144 valence electrons. The lowest BCUT2D eigenvalue weighted by Gasteiger charge is -2.11. The molecule has 0 bridgehead atoms. The van der Waals surface area contributed by atoms with Gasteiger partial charge < -0.3 is 9.47 Å². The molecular weight excluding hydrogens is 365 g/mol. The highest BCUT2D eigenvalue weighted by Gasteiger charge is 2.16. The molecule has 0 aliphatic carbocycles. The average molecular weight is 383 g/mol. The Morgan fingerprint density at radius 2 is 1.93 bits per heavy atom. The summed E-state index contributed by atoms with van der Waals surface area (Å²) in [6.45, 7) is 2.21. The molecule has 0 radical (unpaired) electrons. The highest BCUT2D eigenvalue weighted by atomic mass is 19.1. The van der Waals surface area contributed by atoms with Crippen molar-refractivity contribution in [2.24, 2.45) is 0 Å². The number of nitro benzene ring substituents is 1. The highest BCUT2D eigenvalue weighted by molar-refractivity contribution is 5.67. The van der Waals surface area contributed by atoms with Crippen molar-refractivity contribution in [2.45, 2.75) is 13.3 Å². The molecule has 0 unspecified atom stereocenters. The van der Waals surface area contributed by atoms with Gasteiger partial charge in [0.1, 0.15) is 17.9 Å². The van der Waals surface area contributed by atoms with Gasteiger partial charge in [0.05, 0.1) is 24.3 Å². The van der Waals surface area contributed by atoms with Crippen molar-refractivity contribution in [3.63, 3.8) is 0 Å². The summed E-state index contributed by atoms with van der Waals surface area (Å²) in [5.41, 5.74) is 2.49. The predicted molar refractivity (Wildman–Crippen MR) is 101 cm³/mol. The van der Waals surface area contributed by atoms with E-state index in [9.17, 15) is 14.5 Å². The fourth-order valence-electron chi connectivity index (χ4n) is 2.82. The van der Waals surface area contributed by atoms with Gasteiger partial charge in [-0.1, -0.05) is 6.07 Å². The number of nitrogens with zero attached hydrogens (tertiary/aromatic N) is 3. The summed E-state index contributed by atoms with van der Waals surface area (Å²) in [7, 11) is 1.39. The van der Waals surface area contributed by atoms with Crippen molar-refractivity contribution in [3.8, 4) is 22.8 Å². The van der Waals surface area contributed by atoms with E-state index in [1.165, 1.54) is 31.6 Å². The third kappa shape index (κ3) is 4.22. The molecule has 3 aromatic rings. The molecule has 0 fully saturated rings. The highest BCUT2D eigenvalue weighted by Crippen LogP contribution is 2.31. The van der Waals surface area contributed by atoms with Crippen molar-refractivity contribution in [3.05, 3.63) is 76.0 Å². The number of methoxy groups -OCH3 is 1. The molecule has 0 saturated carbocycles. The second-order valence-corrected chi connectivity index (χ2v) is 5.91. The van der Waals surface area contributed by atoms with Gasteiger partial charge in [-0.2, -0.15) is 0 Å². The normalized spacial score (nSPS) is 10.5. The van der Waals surface area contributed by atoms with E-state index >= 15 is 0 Å². The third-order valence-electron chi connectivity index (χ3n) is 4.07. The molecule has 1 heterocycles. The van der Waals surface area contributed by atoms with Crippen LogP contribution in [0.1, 0.15) is 18.2 Å². The van der Waals surface area contributed by atoms with Gasteiger partial charge in [0.25, 0.3) is 0 Å². The van der Waals surface area contributed by atoms with Gasteiger partial charge in [0, 0.05) is 29.8 Å². The molecule has 0 atom stereocenters. The van der Waals surface area contributed by atoms with Crippen LogP contribution in [0.2, 0.25) is 0 Å². The number of aromatic nitrogens is 2. The quantitative estimate of drug-likeness (QED) is 0.449. The van der Waals surface area contributed by atoms with Gasteiger partial charge in [-0.3, -0.25) is 10.1 Å². The number of ether oxygens (including phenoxy) is 2. The van der Waals surface area contributed by atoms with Crippen molar-refractivity contribution in [1.29, 1.82) is 0 Å². The lowest BCUT2D eigenvalue weighted by atomic mass is 10.1. The molecular formula is C20H18FN3O4. The number of hydrogen-bond donors (Lipinski definition) is 0. The first-order chi connectivity index (χ1) is 13.5. The molecule has 0 N–H and O–H groups in total. The van der Waals surface area contributed by atoms with Crippen molar-refractivity contribution < 1.29 is 18.8 Å². The molecule has 28 heavy (non-hydrogen) atoms. The lowest BCUT2D eigenvalue weighted by molar-refractivity contribution is -0.385. The van der Waals surface area contributed by atoms with Crippen LogP contribution in [0.4, 0.5) is 10.1 Å². The molecule has 0 aliphatic heterocycles. The van der Waals surface area contributed by atoms with E-state index in [-0.39, 0.29) is 11.4 Å². The molecule has 3 rings (SSSR count). The maximum Gasteiger partial charge on any atom is 0.311 e. The molecule has 0 saturated heterocycles. The Bertz CT molecular complexity index is 1010. The summed E-state index contributed by atoms with van der Waals surface area (Å²) >= 11 is 0. The Morgan fingerprint density at radius 1 is 1.11 bits per heavy atom. The summed E-state index contributed by atoms with van der Waals surface area (Å²) in [5.74, 6) is 0.198. The fourth-order valence-corrected chi connectivity index (χ4v) is 2.82. The average Bonchev–Trinajstić information content (AvgIpc) is 2.68. The number of rotatable bonds is 7. The number of benzene rings is 2. The molecule has 8 heteroatoms. The number of nitro groups is 1. The summed E-state index contributed by atoms with van der Waals surface area (Å²) in [4.78, 5) is 19.2. The molecule has 1 aromatic heterocycles. The molecule has 0 amide bonds. The molecule has 2 aromatic carbocycles. The Kier molecular flexibility index (Phi) is 5.78. The van der Waals surface area contributed by atoms with Crippen molar-refractivity contribution in [1.82, 2.24) is 9.97 Å². The van der Waals surface area contributed by atoms with E-state index in [2.05, 4.69) is 9.97 Å². The summed E-state index contributed by atoms with van der Waals surface area (Å²) in [6.07, 6.45) is 1.77. The number of halogens is 1. The van der Waals surface area contributed by atoms with Gasteiger partial charge in [-0.05, 0) is 36.8 Å². The van der Waals surface area contributed by atoms with Crippen LogP contribution in [0, 0.1) is 15.9 Å². The van der Waals surface area contributed by atoms with E-state index in [0.29, 0.717) is 41.3 Å². The molecule has 0 spiro atoms. The standard InChI is InChI=1S/C20H18FN3O4/c1-3-28-20-10-14(21)5-6-16(20)17-11-15(22-12-23-17)8-13-4-7-19(27-2)18(9-13)24(25)26/h4-7,9-12H,3,8H2,1-2H3. The van der Waals surface area contributed by atoms with Crippen LogP contribution in [0.15, 0.2) is 48.8 Å². The first-order valence-electron chi connectivity index (χ1n) is 8.56. The van der Waals surface area contributed by atoms with Crippen LogP contribution < -0.4 is 9.47 Å². The van der Waals surface area contributed by atoms with Crippen LogP contribution in [0.3, 0.4) is 0 Å². The van der Waals surface area contributed by atoms with Crippen LogP contribution >= 0.6 is 0 Å². The third-order valence-corrected chi connectivity index (χ3v) is 4.07. The topological polar surface area (TPSA) is 87.4 Å². The monoisotopic (exact) mass is 383 g/mol. The lowest BCUT2D eigenvalue weighted by Crippen LogP contribution is -2.00. The molecule has 0 aliphatic rings. The minimum absolute atomic E-state index is 0.105. The van der Waals surface area contributed by atoms with E-state index in [1.807, 2.05) is 6.92 Å². The Balaban J connectivity index is 1.93. The first kappa shape index (κ1) is 19.2. The first-order valence-corrected chi connectivity index (χ1v) is 8.56. The Labute approximate surface area is 160 Å². The van der Waals surface area contributed by atoms with Gasteiger partial charge in [0.2, 0.25) is 0 Å². The summed E-state index contributed by atoms with van der Waals surface area (Å²) in [6, 6.07) is 10.8. The van der Waals surface area contributed by atoms with Gasteiger partial charge in [-0.15, -0.1) is 0 Å². The minimum atomic E-state index is -0.485. The van der Waals surface area contributed by atoms with E-state index in [0.717, 1.165) is 0 Å². The van der Waals surface area contributed by atoms with E-state index in [4.69, 9.17) is 9.47 Å². The minimum Gasteiger partial charge on any atom is -0.493 e. The zero-order valence-electron chi connectivity index (χ0n) is 15.4. The van der Waals surface area contributed by atoms with Crippen LogP contribution in [0.5, 0.6) is 11.5 Å². The van der Waals surface area contributed by atoms with E-state index < -0.39 is 10.7 Å². The van der Waals surface area contributed by atoms with E-state index in [1.54, 1.807) is 24.3 Å². The maximum atomic E-state index is 13.5.